The molecule has 1 N–H and O–H groups in total. The van der Waals surface area contributed by atoms with Crippen LogP contribution in [0.25, 0.3) is 0 Å². The lowest BCUT2D eigenvalue weighted by Gasteiger charge is -2.29. The first kappa shape index (κ1) is 20.8. The number of esters is 1. The zero-order valence-corrected chi connectivity index (χ0v) is 15.4. The lowest BCUT2D eigenvalue weighted by atomic mass is 10.1. The fraction of sp³-hybridized carbons (Fsp3) is 0.750. The van der Waals surface area contributed by atoms with Gasteiger partial charge in [-0.05, 0) is 25.3 Å². The molecule has 0 radical (unpaired) electrons. The lowest BCUT2D eigenvalue weighted by Crippen LogP contribution is -2.33. The largest absolute Gasteiger partial charge is 0.453 e. The van der Waals surface area contributed by atoms with E-state index in [2.05, 4.69) is 6.08 Å². The lowest BCUT2D eigenvalue weighted by molar-refractivity contribution is -0.203. The molecule has 0 fully saturated rings. The van der Waals surface area contributed by atoms with Gasteiger partial charge in [0, 0.05) is 20.5 Å². The monoisotopic (exact) mass is 338 g/mol. The summed E-state index contributed by atoms with van der Waals surface area (Å²) in [4.78, 5) is 11.4. The van der Waals surface area contributed by atoms with Gasteiger partial charge in [-0.2, -0.15) is 0 Å². The molecule has 0 amide bonds. The van der Waals surface area contributed by atoms with Crippen LogP contribution in [-0.4, -0.2) is 23.5 Å². The van der Waals surface area contributed by atoms with Crippen LogP contribution < -0.4 is 0 Å². The Bertz CT molecular complexity index is 410. The Labute approximate surface area is 146 Å². The van der Waals surface area contributed by atoms with Crippen LogP contribution in [0.2, 0.25) is 0 Å². The number of unbranched alkanes of at least 4 members (excludes halogenated alkanes) is 10. The maximum atomic E-state index is 11.4. The van der Waals surface area contributed by atoms with Gasteiger partial charge in [-0.25, -0.2) is 4.79 Å². The van der Waals surface area contributed by atoms with Crippen molar-refractivity contribution in [2.24, 2.45) is 0 Å². The normalized spacial score (nSPS) is 16.8. The van der Waals surface area contributed by atoms with Crippen LogP contribution in [0.5, 0.6) is 0 Å². The van der Waals surface area contributed by atoms with Crippen molar-refractivity contribution >= 4 is 5.97 Å². The third-order valence-corrected chi connectivity index (χ3v) is 4.03. The number of carbonyl (C=O) groups is 1. The average molecular weight is 338 g/mol. The Kier molecular flexibility index (Phi) is 10.5. The van der Waals surface area contributed by atoms with Gasteiger partial charge in [-0.15, -0.1) is 0 Å². The first-order valence-corrected chi connectivity index (χ1v) is 9.44. The van der Waals surface area contributed by atoms with Crippen LogP contribution in [-0.2, 0) is 14.3 Å². The highest BCUT2D eigenvalue weighted by Gasteiger charge is 2.28. The summed E-state index contributed by atoms with van der Waals surface area (Å²) in [6, 6.07) is 0. The molecule has 1 rings (SSSR count). The van der Waals surface area contributed by atoms with Gasteiger partial charge >= 0.3 is 5.97 Å². The number of allylic oxidation sites excluding steroid dienone is 2. The molecule has 1 aliphatic heterocycles. The van der Waals surface area contributed by atoms with E-state index in [0.717, 1.165) is 19.3 Å². The molecule has 0 atom stereocenters. The molecule has 0 aromatic carbocycles. The maximum Gasteiger partial charge on any atom is 0.337 e. The van der Waals surface area contributed by atoms with Gasteiger partial charge in [0.1, 0.15) is 5.76 Å². The second-order valence-corrected chi connectivity index (χ2v) is 6.92. The Morgan fingerprint density at radius 1 is 0.917 bits per heavy atom. The second kappa shape index (κ2) is 12.1. The second-order valence-electron chi connectivity index (χ2n) is 6.92. The van der Waals surface area contributed by atoms with E-state index < -0.39 is 5.79 Å². The van der Waals surface area contributed by atoms with Gasteiger partial charge in [0.2, 0.25) is 5.79 Å². The molecule has 0 aromatic heterocycles. The van der Waals surface area contributed by atoms with E-state index in [-0.39, 0.29) is 5.97 Å². The van der Waals surface area contributed by atoms with E-state index in [1.807, 2.05) is 6.08 Å². The van der Waals surface area contributed by atoms with Crippen molar-refractivity contribution in [3.8, 4) is 0 Å². The van der Waals surface area contributed by atoms with Gasteiger partial charge in [0.25, 0.3) is 0 Å². The van der Waals surface area contributed by atoms with Gasteiger partial charge < -0.3 is 14.6 Å². The molecule has 0 unspecified atom stereocenters. The smallest absolute Gasteiger partial charge is 0.337 e. The predicted molar refractivity (Wildman–Crippen MR) is 96.4 cm³/mol. The van der Waals surface area contributed by atoms with Crippen molar-refractivity contribution < 1.29 is 19.4 Å². The first-order valence-electron chi connectivity index (χ1n) is 9.44. The molecule has 4 heteroatoms. The summed E-state index contributed by atoms with van der Waals surface area (Å²) < 4.78 is 10.6. The number of ether oxygens (including phenoxy) is 2. The highest BCUT2D eigenvalue weighted by atomic mass is 16.7. The zero-order valence-electron chi connectivity index (χ0n) is 15.4. The highest BCUT2D eigenvalue weighted by molar-refractivity contribution is 5.83. The topological polar surface area (TPSA) is 55.8 Å². The van der Waals surface area contributed by atoms with E-state index >= 15 is 0 Å². The first-order chi connectivity index (χ1) is 11.5. The third-order valence-electron chi connectivity index (χ3n) is 4.03. The average Bonchev–Trinajstić information content (AvgIpc) is 2.50. The summed E-state index contributed by atoms with van der Waals surface area (Å²) in [5.41, 5.74) is 0. The Morgan fingerprint density at radius 3 is 2.00 bits per heavy atom. The molecule has 1 heterocycles. The van der Waals surface area contributed by atoms with Crippen molar-refractivity contribution in [1.82, 2.24) is 0 Å². The maximum absolute atomic E-state index is 11.4. The Morgan fingerprint density at radius 2 is 1.46 bits per heavy atom. The van der Waals surface area contributed by atoms with Gasteiger partial charge in [0.05, 0.1) is 6.08 Å². The number of hydrogen-bond donors (Lipinski definition) is 1. The van der Waals surface area contributed by atoms with Crippen molar-refractivity contribution in [2.45, 2.75) is 90.3 Å². The quantitative estimate of drug-likeness (QED) is 0.378. The van der Waals surface area contributed by atoms with Crippen molar-refractivity contribution in [2.75, 3.05) is 6.61 Å². The van der Waals surface area contributed by atoms with E-state index in [0.29, 0.717) is 12.4 Å². The van der Waals surface area contributed by atoms with E-state index in [1.54, 1.807) is 13.8 Å². The van der Waals surface area contributed by atoms with Crippen LogP contribution >= 0.6 is 0 Å². The number of aliphatic hydroxyl groups excluding tert-OH is 1. The van der Waals surface area contributed by atoms with Crippen LogP contribution in [0.1, 0.15) is 84.5 Å². The Balaban J connectivity index is 1.96. The summed E-state index contributed by atoms with van der Waals surface area (Å²) in [7, 11) is 0. The standard InChI is InChI=1S/C20H34O4/c1-20(2)23-18(17-19(22)24-20)15-13-11-9-7-5-3-4-6-8-10-12-14-16-21/h13,15,17,21H,3-12,14,16H2,1-2H3/b15-13+. The SMILES string of the molecule is CC1(C)OC(=O)C=C(/C=C/CCCCCCCCCCCCO)O1. The number of hydrogen-bond acceptors (Lipinski definition) is 4. The van der Waals surface area contributed by atoms with Gasteiger partial charge in [0.15, 0.2) is 0 Å². The van der Waals surface area contributed by atoms with Gasteiger partial charge in [-0.3, -0.25) is 0 Å². The minimum absolute atomic E-state index is 0.333. The Hall–Kier alpha value is -1.29. The zero-order chi connectivity index (χ0) is 17.7. The van der Waals surface area contributed by atoms with Gasteiger partial charge in [-0.1, -0.05) is 57.4 Å². The van der Waals surface area contributed by atoms with E-state index in [1.165, 1.54) is 57.4 Å². The molecule has 0 aromatic rings. The fourth-order valence-electron chi connectivity index (χ4n) is 2.79. The van der Waals surface area contributed by atoms with E-state index in [4.69, 9.17) is 14.6 Å². The minimum atomic E-state index is -0.871. The van der Waals surface area contributed by atoms with E-state index in [9.17, 15) is 4.79 Å². The van der Waals surface area contributed by atoms with Crippen LogP contribution in [0.4, 0.5) is 0 Å². The molecule has 24 heavy (non-hydrogen) atoms. The summed E-state index contributed by atoms with van der Waals surface area (Å²) in [6.45, 7) is 3.80. The molecule has 0 aliphatic carbocycles. The summed E-state index contributed by atoms with van der Waals surface area (Å²) in [6.07, 6.45) is 18.7. The molecule has 0 spiro atoms. The molecule has 0 saturated carbocycles. The van der Waals surface area contributed by atoms with Crippen LogP contribution in [0.3, 0.4) is 0 Å². The third kappa shape index (κ3) is 10.5. The molecular weight excluding hydrogens is 304 g/mol. The minimum Gasteiger partial charge on any atom is -0.453 e. The molecule has 138 valence electrons. The van der Waals surface area contributed by atoms with Crippen molar-refractivity contribution in [3.05, 3.63) is 24.0 Å². The molecule has 4 nitrogen and oxygen atoms in total. The summed E-state index contributed by atoms with van der Waals surface area (Å²) >= 11 is 0. The molecule has 1 aliphatic rings. The molecule has 0 bridgehead atoms. The summed E-state index contributed by atoms with van der Waals surface area (Å²) in [5, 5.41) is 8.70. The van der Waals surface area contributed by atoms with Crippen LogP contribution in [0.15, 0.2) is 24.0 Å². The predicted octanol–water partition coefficient (Wildman–Crippen LogP) is 5.02. The number of carbonyl (C=O) groups excluding carboxylic acids is 1. The highest BCUT2D eigenvalue weighted by Crippen LogP contribution is 2.22. The van der Waals surface area contributed by atoms with Crippen LogP contribution in [0, 0.1) is 0 Å². The summed E-state index contributed by atoms with van der Waals surface area (Å²) in [5.74, 6) is -0.636. The number of aliphatic hydroxyl groups is 1. The molecule has 0 saturated heterocycles. The van der Waals surface area contributed by atoms with Crippen molar-refractivity contribution in [3.63, 3.8) is 0 Å². The fourth-order valence-corrected chi connectivity index (χ4v) is 2.79. The number of rotatable bonds is 13. The van der Waals surface area contributed by atoms with Crippen molar-refractivity contribution in [1.29, 1.82) is 0 Å². The number of cyclic esters (lactones) is 1. The molecular formula is C20H34O4.